The van der Waals surface area contributed by atoms with Gasteiger partial charge >= 0.3 is 0 Å². The molecular formula is C11H21NO2. The summed E-state index contributed by atoms with van der Waals surface area (Å²) in [6.45, 7) is 7.45. The lowest BCUT2D eigenvalue weighted by molar-refractivity contribution is -0.137. The molecule has 1 atom stereocenters. The molecule has 0 aliphatic carbocycles. The number of hydrogen-bond acceptors (Lipinski definition) is 2. The number of rotatable bonds is 2. The number of amides is 1. The van der Waals surface area contributed by atoms with Crippen LogP contribution in [0.2, 0.25) is 0 Å². The summed E-state index contributed by atoms with van der Waals surface area (Å²) in [6, 6.07) is 0. The zero-order valence-electron chi connectivity index (χ0n) is 9.42. The van der Waals surface area contributed by atoms with Gasteiger partial charge in [-0.2, -0.15) is 0 Å². The Morgan fingerprint density at radius 1 is 1.57 bits per heavy atom. The van der Waals surface area contributed by atoms with Crippen molar-refractivity contribution in [2.45, 2.75) is 46.1 Å². The predicted octanol–water partition coefficient (Wildman–Crippen LogP) is 1.41. The topological polar surface area (TPSA) is 40.5 Å². The van der Waals surface area contributed by atoms with Crippen LogP contribution in [0.5, 0.6) is 0 Å². The van der Waals surface area contributed by atoms with Gasteiger partial charge in [-0.25, -0.2) is 0 Å². The molecule has 3 nitrogen and oxygen atoms in total. The Labute approximate surface area is 86.1 Å². The molecule has 1 fully saturated rings. The lowest BCUT2D eigenvalue weighted by Gasteiger charge is -2.41. The molecule has 1 aliphatic heterocycles. The average molecular weight is 199 g/mol. The maximum absolute atomic E-state index is 11.6. The van der Waals surface area contributed by atoms with E-state index in [4.69, 9.17) is 0 Å². The molecule has 0 radical (unpaired) electrons. The van der Waals surface area contributed by atoms with Crippen LogP contribution in [-0.2, 0) is 4.79 Å². The van der Waals surface area contributed by atoms with E-state index in [1.54, 1.807) is 0 Å². The largest absolute Gasteiger partial charge is 0.392 e. The lowest BCUT2D eigenvalue weighted by Crippen LogP contribution is -2.50. The first-order valence-corrected chi connectivity index (χ1v) is 5.43. The van der Waals surface area contributed by atoms with Gasteiger partial charge in [0.1, 0.15) is 0 Å². The second-order valence-electron chi connectivity index (χ2n) is 4.86. The third-order valence-corrected chi connectivity index (χ3v) is 2.99. The monoisotopic (exact) mass is 199 g/mol. The Morgan fingerprint density at radius 2 is 2.21 bits per heavy atom. The van der Waals surface area contributed by atoms with Gasteiger partial charge in [0.2, 0.25) is 5.91 Å². The molecule has 1 amide bonds. The van der Waals surface area contributed by atoms with Gasteiger partial charge in [0.15, 0.2) is 0 Å². The first-order valence-electron chi connectivity index (χ1n) is 5.43. The molecule has 0 spiro atoms. The predicted molar refractivity (Wildman–Crippen MR) is 55.9 cm³/mol. The molecule has 1 heterocycles. The smallest absolute Gasteiger partial charge is 0.222 e. The van der Waals surface area contributed by atoms with Crippen LogP contribution in [0, 0.1) is 5.41 Å². The third-order valence-electron chi connectivity index (χ3n) is 2.99. The van der Waals surface area contributed by atoms with E-state index in [0.717, 1.165) is 6.42 Å². The number of piperidine rings is 1. The highest BCUT2D eigenvalue weighted by Crippen LogP contribution is 2.29. The van der Waals surface area contributed by atoms with E-state index in [9.17, 15) is 9.90 Å². The fourth-order valence-electron chi connectivity index (χ4n) is 1.93. The molecule has 0 saturated carbocycles. The zero-order chi connectivity index (χ0) is 10.8. The summed E-state index contributed by atoms with van der Waals surface area (Å²) in [5.41, 5.74) is -0.151. The number of aliphatic hydroxyl groups is 1. The van der Waals surface area contributed by atoms with E-state index >= 15 is 0 Å². The summed E-state index contributed by atoms with van der Waals surface area (Å²) in [4.78, 5) is 13.5. The van der Waals surface area contributed by atoms with Gasteiger partial charge in [-0.15, -0.1) is 0 Å². The molecule has 14 heavy (non-hydrogen) atoms. The fraction of sp³-hybridized carbons (Fsp3) is 0.909. The Balaban J connectivity index is 2.55. The van der Waals surface area contributed by atoms with E-state index in [1.165, 1.54) is 0 Å². The Bertz CT molecular complexity index is 213. The van der Waals surface area contributed by atoms with Gasteiger partial charge in [-0.05, 0) is 12.8 Å². The van der Waals surface area contributed by atoms with Crippen molar-refractivity contribution in [2.24, 2.45) is 5.41 Å². The second-order valence-corrected chi connectivity index (χ2v) is 4.86. The number of likely N-dealkylation sites (tertiary alicyclic amines) is 1. The van der Waals surface area contributed by atoms with Gasteiger partial charge in [-0.3, -0.25) is 4.79 Å². The number of carbonyl (C=O) groups is 1. The minimum atomic E-state index is -0.270. The summed E-state index contributed by atoms with van der Waals surface area (Å²) in [6.07, 6.45) is 1.97. The second kappa shape index (κ2) is 4.30. The highest BCUT2D eigenvalue weighted by molar-refractivity contribution is 5.76. The van der Waals surface area contributed by atoms with E-state index < -0.39 is 0 Å². The van der Waals surface area contributed by atoms with Gasteiger partial charge in [0, 0.05) is 24.9 Å². The van der Waals surface area contributed by atoms with E-state index in [1.807, 2.05) is 25.7 Å². The van der Waals surface area contributed by atoms with Crippen molar-refractivity contribution in [1.82, 2.24) is 4.90 Å². The van der Waals surface area contributed by atoms with Crippen LogP contribution in [-0.4, -0.2) is 35.1 Å². The van der Waals surface area contributed by atoms with Crippen molar-refractivity contribution < 1.29 is 9.90 Å². The van der Waals surface area contributed by atoms with Crippen LogP contribution in [0.3, 0.4) is 0 Å². The van der Waals surface area contributed by atoms with Crippen molar-refractivity contribution in [1.29, 1.82) is 0 Å². The summed E-state index contributed by atoms with van der Waals surface area (Å²) >= 11 is 0. The van der Waals surface area contributed by atoms with Crippen molar-refractivity contribution in [3.05, 3.63) is 0 Å². The summed E-state index contributed by atoms with van der Waals surface area (Å²) in [5.74, 6) is 0.229. The van der Waals surface area contributed by atoms with Crippen LogP contribution in [0.25, 0.3) is 0 Å². The van der Waals surface area contributed by atoms with Crippen molar-refractivity contribution in [3.63, 3.8) is 0 Å². The van der Waals surface area contributed by atoms with E-state index in [2.05, 4.69) is 0 Å². The normalized spacial score (nSPS) is 26.3. The summed E-state index contributed by atoms with van der Waals surface area (Å²) in [5, 5.41) is 9.73. The minimum Gasteiger partial charge on any atom is -0.392 e. The maximum Gasteiger partial charge on any atom is 0.222 e. The number of aliphatic hydroxyl groups excluding tert-OH is 1. The highest BCUT2D eigenvalue weighted by atomic mass is 16.3. The molecule has 3 heteroatoms. The highest BCUT2D eigenvalue weighted by Gasteiger charge is 2.35. The number of hydrogen-bond donors (Lipinski definition) is 1. The Hall–Kier alpha value is -0.570. The molecule has 0 aromatic rings. The maximum atomic E-state index is 11.6. The van der Waals surface area contributed by atoms with E-state index in [-0.39, 0.29) is 17.4 Å². The zero-order valence-corrected chi connectivity index (χ0v) is 9.42. The first kappa shape index (κ1) is 11.5. The number of nitrogens with zero attached hydrogens (tertiary/aromatic N) is 1. The summed E-state index contributed by atoms with van der Waals surface area (Å²) < 4.78 is 0. The lowest BCUT2D eigenvalue weighted by atomic mass is 9.81. The molecule has 0 aromatic heterocycles. The molecule has 0 aromatic carbocycles. The quantitative estimate of drug-likeness (QED) is 0.730. The van der Waals surface area contributed by atoms with Crippen molar-refractivity contribution in [3.8, 4) is 0 Å². The molecule has 1 aliphatic rings. The molecule has 1 unspecified atom stereocenters. The van der Waals surface area contributed by atoms with Gasteiger partial charge < -0.3 is 10.0 Å². The standard InChI is InChI=1S/C11H21NO2/c1-4-5-10(14)12-7-6-9(13)11(2,3)8-12/h9,13H,4-8H2,1-3H3. The van der Waals surface area contributed by atoms with Crippen LogP contribution >= 0.6 is 0 Å². The first-order chi connectivity index (χ1) is 6.47. The summed E-state index contributed by atoms with van der Waals surface area (Å²) in [7, 11) is 0. The Morgan fingerprint density at radius 3 is 2.71 bits per heavy atom. The fourth-order valence-corrected chi connectivity index (χ4v) is 1.93. The third kappa shape index (κ3) is 2.47. The van der Waals surface area contributed by atoms with Crippen molar-refractivity contribution >= 4 is 5.91 Å². The van der Waals surface area contributed by atoms with Crippen LogP contribution in [0.15, 0.2) is 0 Å². The Kier molecular flexibility index (Phi) is 3.53. The number of carbonyl (C=O) groups excluding carboxylic acids is 1. The van der Waals surface area contributed by atoms with Crippen LogP contribution in [0.1, 0.15) is 40.0 Å². The SMILES string of the molecule is CCCC(=O)N1CCC(O)C(C)(C)C1. The molecule has 1 rings (SSSR count). The average Bonchev–Trinajstić information content (AvgIpc) is 2.10. The van der Waals surface area contributed by atoms with Crippen LogP contribution in [0.4, 0.5) is 0 Å². The molecular weight excluding hydrogens is 178 g/mol. The van der Waals surface area contributed by atoms with Gasteiger partial charge in [0.25, 0.3) is 0 Å². The van der Waals surface area contributed by atoms with Gasteiger partial charge in [0.05, 0.1) is 6.10 Å². The molecule has 82 valence electrons. The molecule has 0 bridgehead atoms. The van der Waals surface area contributed by atoms with Crippen molar-refractivity contribution in [2.75, 3.05) is 13.1 Å². The molecule has 1 N–H and O–H groups in total. The minimum absolute atomic E-state index is 0.151. The van der Waals surface area contributed by atoms with Crippen LogP contribution < -0.4 is 0 Å². The molecule has 1 saturated heterocycles. The van der Waals surface area contributed by atoms with E-state index in [0.29, 0.717) is 25.9 Å². The van der Waals surface area contributed by atoms with Gasteiger partial charge in [-0.1, -0.05) is 20.8 Å².